The van der Waals surface area contributed by atoms with Crippen molar-refractivity contribution >= 4 is 37.3 Å². The molecule has 0 heterocycles. The molecular weight excluding hydrogens is 314 g/mol. The predicted octanol–water partition coefficient (Wildman–Crippen LogP) is 5.38. The summed E-state index contributed by atoms with van der Waals surface area (Å²) < 4.78 is 5.59. The molecule has 0 saturated heterocycles. The standard InChI is InChI=1S/C17H20ClNO2Si/c1-12-14(18)9-7-11-15(12)19-16-10-6-5-8-13(16)17(20)21-22(2,3)4/h5-11,19H,1-4H3. The van der Waals surface area contributed by atoms with Gasteiger partial charge in [-0.2, -0.15) is 0 Å². The Balaban J connectivity index is 2.33. The van der Waals surface area contributed by atoms with Gasteiger partial charge in [0.05, 0.1) is 11.3 Å². The zero-order valence-corrected chi connectivity index (χ0v) is 15.0. The maximum absolute atomic E-state index is 12.4. The lowest BCUT2D eigenvalue weighted by molar-refractivity contribution is 0.0725. The van der Waals surface area contributed by atoms with Gasteiger partial charge in [0.15, 0.2) is 0 Å². The maximum atomic E-state index is 12.4. The van der Waals surface area contributed by atoms with Crippen molar-refractivity contribution in [2.75, 3.05) is 5.32 Å². The number of rotatable bonds is 4. The summed E-state index contributed by atoms with van der Waals surface area (Å²) in [4.78, 5) is 12.4. The van der Waals surface area contributed by atoms with Crippen LogP contribution in [0.4, 0.5) is 11.4 Å². The minimum atomic E-state index is -1.94. The van der Waals surface area contributed by atoms with Gasteiger partial charge < -0.3 is 9.74 Å². The van der Waals surface area contributed by atoms with Gasteiger partial charge in [0.1, 0.15) is 0 Å². The Kier molecular flexibility index (Phi) is 4.93. The number of carbonyl (C=O) groups excluding carboxylic acids is 1. The number of halogens is 1. The molecule has 0 aromatic heterocycles. The summed E-state index contributed by atoms with van der Waals surface area (Å²) in [5.41, 5.74) is 3.07. The van der Waals surface area contributed by atoms with E-state index in [-0.39, 0.29) is 5.97 Å². The molecule has 2 rings (SSSR count). The number of para-hydroxylation sites is 1. The molecule has 0 saturated carbocycles. The average molecular weight is 334 g/mol. The highest BCUT2D eigenvalue weighted by molar-refractivity contribution is 6.71. The van der Waals surface area contributed by atoms with Crippen LogP contribution in [0, 0.1) is 6.92 Å². The number of carbonyl (C=O) groups is 1. The van der Waals surface area contributed by atoms with Crippen LogP contribution in [0.5, 0.6) is 0 Å². The van der Waals surface area contributed by atoms with E-state index in [1.807, 2.05) is 63.0 Å². The van der Waals surface area contributed by atoms with Gasteiger partial charge in [-0.1, -0.05) is 29.8 Å². The van der Waals surface area contributed by atoms with Gasteiger partial charge in [-0.3, -0.25) is 0 Å². The highest BCUT2D eigenvalue weighted by Crippen LogP contribution is 2.28. The van der Waals surface area contributed by atoms with Gasteiger partial charge >= 0.3 is 5.97 Å². The number of nitrogens with one attached hydrogen (secondary N) is 1. The van der Waals surface area contributed by atoms with Gasteiger partial charge in [0, 0.05) is 10.7 Å². The van der Waals surface area contributed by atoms with Gasteiger partial charge in [-0.15, -0.1) is 0 Å². The first-order valence-electron chi connectivity index (χ1n) is 7.12. The molecule has 2 aromatic carbocycles. The van der Waals surface area contributed by atoms with E-state index < -0.39 is 8.32 Å². The van der Waals surface area contributed by atoms with E-state index in [4.69, 9.17) is 16.0 Å². The third-order valence-corrected chi connectivity index (χ3v) is 4.29. The summed E-state index contributed by atoms with van der Waals surface area (Å²) in [5.74, 6) is -0.290. The Labute approximate surface area is 137 Å². The minimum Gasteiger partial charge on any atom is -0.516 e. The maximum Gasteiger partial charge on any atom is 0.326 e. The number of benzene rings is 2. The van der Waals surface area contributed by atoms with Crippen molar-refractivity contribution < 1.29 is 9.22 Å². The molecule has 3 nitrogen and oxygen atoms in total. The normalized spacial score (nSPS) is 11.1. The molecule has 2 aromatic rings. The van der Waals surface area contributed by atoms with Crippen molar-refractivity contribution in [2.45, 2.75) is 26.6 Å². The lowest BCUT2D eigenvalue weighted by Gasteiger charge is -2.19. The third-order valence-electron chi connectivity index (χ3n) is 3.08. The molecule has 0 atom stereocenters. The van der Waals surface area contributed by atoms with Crippen molar-refractivity contribution in [3.8, 4) is 0 Å². The van der Waals surface area contributed by atoms with Crippen LogP contribution in [0.15, 0.2) is 42.5 Å². The van der Waals surface area contributed by atoms with Crippen LogP contribution in [0.3, 0.4) is 0 Å². The van der Waals surface area contributed by atoms with E-state index in [2.05, 4.69) is 5.32 Å². The van der Waals surface area contributed by atoms with E-state index >= 15 is 0 Å². The van der Waals surface area contributed by atoms with Crippen LogP contribution in [0.1, 0.15) is 15.9 Å². The lowest BCUT2D eigenvalue weighted by atomic mass is 10.1. The SMILES string of the molecule is Cc1c(Cl)cccc1Nc1ccccc1C(=O)O[Si](C)(C)C. The molecule has 0 bridgehead atoms. The molecule has 5 heteroatoms. The van der Waals surface area contributed by atoms with E-state index in [0.717, 1.165) is 16.9 Å². The lowest BCUT2D eigenvalue weighted by Crippen LogP contribution is -2.29. The van der Waals surface area contributed by atoms with E-state index in [1.165, 1.54) is 0 Å². The number of anilines is 2. The van der Waals surface area contributed by atoms with E-state index in [1.54, 1.807) is 6.07 Å². The zero-order valence-electron chi connectivity index (χ0n) is 13.2. The Bertz CT molecular complexity index is 695. The Hall–Kier alpha value is -1.78. The zero-order chi connectivity index (χ0) is 16.3. The first-order valence-corrected chi connectivity index (χ1v) is 10.9. The number of hydrogen-bond donors (Lipinski definition) is 1. The molecular formula is C17H20ClNO2Si. The average Bonchev–Trinajstić information content (AvgIpc) is 2.42. The van der Waals surface area contributed by atoms with Crippen LogP contribution < -0.4 is 5.32 Å². The molecule has 0 fully saturated rings. The van der Waals surface area contributed by atoms with Gasteiger partial charge in [-0.05, 0) is 56.4 Å². The Morgan fingerprint density at radius 1 is 1.05 bits per heavy atom. The monoisotopic (exact) mass is 333 g/mol. The van der Waals surface area contributed by atoms with Crippen molar-refractivity contribution in [3.63, 3.8) is 0 Å². The second kappa shape index (κ2) is 6.54. The molecule has 0 unspecified atom stereocenters. The molecule has 22 heavy (non-hydrogen) atoms. The topological polar surface area (TPSA) is 38.3 Å². The van der Waals surface area contributed by atoms with Gasteiger partial charge in [0.2, 0.25) is 8.32 Å². The minimum absolute atomic E-state index is 0.290. The first kappa shape index (κ1) is 16.6. The van der Waals surface area contributed by atoms with Crippen LogP contribution in [0.25, 0.3) is 0 Å². The van der Waals surface area contributed by atoms with Crippen LogP contribution >= 0.6 is 11.6 Å². The molecule has 0 radical (unpaired) electrons. The van der Waals surface area contributed by atoms with Crippen LogP contribution in [0.2, 0.25) is 24.7 Å². The van der Waals surface area contributed by atoms with Crippen molar-refractivity contribution in [1.82, 2.24) is 0 Å². The molecule has 0 aliphatic heterocycles. The van der Waals surface area contributed by atoms with Crippen LogP contribution in [-0.4, -0.2) is 14.3 Å². The summed E-state index contributed by atoms with van der Waals surface area (Å²) >= 11 is 6.14. The molecule has 0 spiro atoms. The summed E-state index contributed by atoms with van der Waals surface area (Å²) in [6.07, 6.45) is 0. The Morgan fingerprint density at radius 3 is 2.36 bits per heavy atom. The van der Waals surface area contributed by atoms with Crippen molar-refractivity contribution in [3.05, 3.63) is 58.6 Å². The van der Waals surface area contributed by atoms with E-state index in [9.17, 15) is 4.79 Å². The molecule has 0 aliphatic rings. The van der Waals surface area contributed by atoms with Gasteiger partial charge in [0.25, 0.3) is 0 Å². The van der Waals surface area contributed by atoms with E-state index in [0.29, 0.717) is 10.6 Å². The smallest absolute Gasteiger partial charge is 0.326 e. The van der Waals surface area contributed by atoms with Gasteiger partial charge in [-0.25, -0.2) is 4.79 Å². The fourth-order valence-electron chi connectivity index (χ4n) is 1.99. The summed E-state index contributed by atoms with van der Waals surface area (Å²) in [5, 5.41) is 3.97. The largest absolute Gasteiger partial charge is 0.516 e. The Morgan fingerprint density at radius 2 is 1.68 bits per heavy atom. The number of hydrogen-bond acceptors (Lipinski definition) is 3. The third kappa shape index (κ3) is 4.12. The predicted molar refractivity (Wildman–Crippen MR) is 94.7 cm³/mol. The summed E-state index contributed by atoms with van der Waals surface area (Å²) in [6.45, 7) is 7.90. The molecule has 116 valence electrons. The quantitative estimate of drug-likeness (QED) is 0.763. The first-order chi connectivity index (χ1) is 10.3. The highest BCUT2D eigenvalue weighted by atomic mass is 35.5. The second-order valence-corrected chi connectivity index (χ2v) is 10.9. The second-order valence-electron chi connectivity index (χ2n) is 6.08. The molecule has 0 amide bonds. The highest BCUT2D eigenvalue weighted by Gasteiger charge is 2.22. The van der Waals surface area contributed by atoms with Crippen molar-refractivity contribution in [1.29, 1.82) is 0 Å². The summed E-state index contributed by atoms with van der Waals surface area (Å²) in [6, 6.07) is 13.0. The molecule has 1 N–H and O–H groups in total. The summed E-state index contributed by atoms with van der Waals surface area (Å²) in [7, 11) is -1.94. The van der Waals surface area contributed by atoms with Crippen LogP contribution in [-0.2, 0) is 4.43 Å². The van der Waals surface area contributed by atoms with Crippen molar-refractivity contribution in [2.24, 2.45) is 0 Å². The molecule has 0 aliphatic carbocycles. The fourth-order valence-corrected chi connectivity index (χ4v) is 2.83. The fraction of sp³-hybridized carbons (Fsp3) is 0.235.